The highest BCUT2D eigenvalue weighted by Crippen LogP contribution is 2.22. The van der Waals surface area contributed by atoms with Crippen molar-refractivity contribution in [3.05, 3.63) is 47.5 Å². The second-order valence-corrected chi connectivity index (χ2v) is 4.72. The number of aliphatic hydroxyl groups excluding tert-OH is 1. The molecule has 0 spiro atoms. The zero-order chi connectivity index (χ0) is 13.1. The minimum absolute atomic E-state index is 0.0271. The summed E-state index contributed by atoms with van der Waals surface area (Å²) < 4.78 is 0. The van der Waals surface area contributed by atoms with E-state index in [-0.39, 0.29) is 18.7 Å². The van der Waals surface area contributed by atoms with Gasteiger partial charge in [-0.25, -0.2) is 0 Å². The lowest BCUT2D eigenvalue weighted by atomic mass is 9.97. The number of likely N-dealkylation sites (N-methyl/N-ethyl adjacent to an activating group) is 1. The number of nitrogens with two attached hydrogens (primary N) is 1. The highest BCUT2D eigenvalue weighted by atomic mass is 16.3. The molecule has 0 aliphatic carbocycles. The molecule has 3 nitrogen and oxygen atoms in total. The summed E-state index contributed by atoms with van der Waals surface area (Å²) in [7, 11) is 1.86. The topological polar surface area (TPSA) is 58.3 Å². The lowest BCUT2D eigenvalue weighted by Crippen LogP contribution is -2.38. The maximum absolute atomic E-state index is 9.18. The molecule has 0 heterocycles. The third-order valence-corrected chi connectivity index (χ3v) is 3.33. The Morgan fingerprint density at radius 3 is 2.50 bits per heavy atom. The number of benzene rings is 2. The molecule has 0 fully saturated rings. The molecule has 0 aliphatic heterocycles. The molecule has 0 saturated heterocycles. The van der Waals surface area contributed by atoms with Crippen LogP contribution in [0.15, 0.2) is 36.4 Å². The first-order chi connectivity index (χ1) is 8.65. The van der Waals surface area contributed by atoms with Crippen molar-refractivity contribution in [1.29, 1.82) is 0 Å². The Labute approximate surface area is 108 Å². The predicted molar refractivity (Wildman–Crippen MR) is 75.5 cm³/mol. The van der Waals surface area contributed by atoms with Gasteiger partial charge in [0.05, 0.1) is 6.61 Å². The van der Waals surface area contributed by atoms with E-state index in [0.717, 1.165) is 5.56 Å². The molecule has 0 aromatic heterocycles. The molecular weight excluding hydrogens is 224 g/mol. The van der Waals surface area contributed by atoms with Crippen LogP contribution in [-0.2, 0) is 0 Å². The van der Waals surface area contributed by atoms with Crippen LogP contribution in [0.1, 0.15) is 17.2 Å². The average Bonchev–Trinajstić information content (AvgIpc) is 2.39. The van der Waals surface area contributed by atoms with Crippen LogP contribution in [0.4, 0.5) is 0 Å². The van der Waals surface area contributed by atoms with E-state index in [1.165, 1.54) is 16.3 Å². The van der Waals surface area contributed by atoms with Crippen LogP contribution < -0.4 is 11.1 Å². The van der Waals surface area contributed by atoms with Crippen LogP contribution in [0.2, 0.25) is 0 Å². The average molecular weight is 244 g/mol. The Kier molecular flexibility index (Phi) is 3.97. The third-order valence-electron chi connectivity index (χ3n) is 3.33. The van der Waals surface area contributed by atoms with Gasteiger partial charge in [0, 0.05) is 12.1 Å². The first-order valence-electron chi connectivity index (χ1n) is 6.19. The van der Waals surface area contributed by atoms with Crippen molar-refractivity contribution in [3.8, 4) is 0 Å². The predicted octanol–water partition coefficient (Wildman–Crippen LogP) is 1.73. The normalized spacial score (nSPS) is 14.7. The van der Waals surface area contributed by atoms with Gasteiger partial charge in [0.25, 0.3) is 0 Å². The second-order valence-electron chi connectivity index (χ2n) is 4.72. The minimum atomic E-state index is -0.294. The molecule has 2 rings (SSSR count). The minimum Gasteiger partial charge on any atom is -0.395 e. The number of nitrogens with one attached hydrogen (secondary N) is 1. The SMILES string of the molecule is CNC(c1ccc2cc(C)ccc2c1)C(N)CO. The molecule has 0 radical (unpaired) electrons. The zero-order valence-corrected chi connectivity index (χ0v) is 10.9. The van der Waals surface area contributed by atoms with Crippen LogP contribution in [0.3, 0.4) is 0 Å². The van der Waals surface area contributed by atoms with Gasteiger partial charge >= 0.3 is 0 Å². The van der Waals surface area contributed by atoms with Crippen LogP contribution >= 0.6 is 0 Å². The molecule has 18 heavy (non-hydrogen) atoms. The molecule has 2 atom stereocenters. The zero-order valence-electron chi connectivity index (χ0n) is 10.9. The highest BCUT2D eigenvalue weighted by molar-refractivity contribution is 5.83. The Morgan fingerprint density at radius 1 is 1.17 bits per heavy atom. The molecule has 0 saturated carbocycles. The molecule has 0 aliphatic rings. The molecule has 4 N–H and O–H groups in total. The smallest absolute Gasteiger partial charge is 0.0601 e. The number of hydrogen-bond acceptors (Lipinski definition) is 3. The van der Waals surface area contributed by atoms with Gasteiger partial charge in [-0.2, -0.15) is 0 Å². The van der Waals surface area contributed by atoms with Crippen molar-refractivity contribution < 1.29 is 5.11 Å². The number of rotatable bonds is 4. The lowest BCUT2D eigenvalue weighted by molar-refractivity contribution is 0.240. The van der Waals surface area contributed by atoms with E-state index in [2.05, 4.69) is 48.6 Å². The van der Waals surface area contributed by atoms with Crippen molar-refractivity contribution in [3.63, 3.8) is 0 Å². The van der Waals surface area contributed by atoms with E-state index in [1.54, 1.807) is 0 Å². The van der Waals surface area contributed by atoms with Gasteiger partial charge in [0.1, 0.15) is 0 Å². The van der Waals surface area contributed by atoms with Crippen molar-refractivity contribution in [2.75, 3.05) is 13.7 Å². The van der Waals surface area contributed by atoms with Gasteiger partial charge in [-0.05, 0) is 36.4 Å². The molecule has 0 amide bonds. The Morgan fingerprint density at radius 2 is 1.83 bits per heavy atom. The van der Waals surface area contributed by atoms with E-state index in [0.29, 0.717) is 0 Å². The molecule has 0 bridgehead atoms. The quantitative estimate of drug-likeness (QED) is 0.767. The number of aliphatic hydroxyl groups is 1. The van der Waals surface area contributed by atoms with E-state index in [4.69, 9.17) is 5.73 Å². The summed E-state index contributed by atoms with van der Waals surface area (Å²) in [6.07, 6.45) is 0. The van der Waals surface area contributed by atoms with Gasteiger partial charge in [-0.15, -0.1) is 0 Å². The van der Waals surface area contributed by atoms with E-state index in [1.807, 2.05) is 7.05 Å². The Hall–Kier alpha value is -1.42. The fourth-order valence-electron chi connectivity index (χ4n) is 2.31. The molecule has 2 aromatic carbocycles. The maximum atomic E-state index is 9.18. The standard InChI is InChI=1S/C15H20N2O/c1-10-3-4-12-8-13(6-5-11(12)7-10)15(17-2)14(16)9-18/h3-8,14-15,17-18H,9,16H2,1-2H3. The van der Waals surface area contributed by atoms with E-state index in [9.17, 15) is 5.11 Å². The summed E-state index contributed by atoms with van der Waals surface area (Å²) in [4.78, 5) is 0. The van der Waals surface area contributed by atoms with Crippen LogP contribution in [-0.4, -0.2) is 24.8 Å². The van der Waals surface area contributed by atoms with Crippen molar-refractivity contribution in [2.24, 2.45) is 5.73 Å². The first-order valence-corrected chi connectivity index (χ1v) is 6.19. The number of fused-ring (bicyclic) bond motifs is 1. The van der Waals surface area contributed by atoms with Crippen molar-refractivity contribution in [1.82, 2.24) is 5.32 Å². The largest absolute Gasteiger partial charge is 0.395 e. The van der Waals surface area contributed by atoms with Crippen LogP contribution in [0.25, 0.3) is 10.8 Å². The van der Waals surface area contributed by atoms with E-state index >= 15 is 0 Å². The van der Waals surface area contributed by atoms with E-state index < -0.39 is 0 Å². The summed E-state index contributed by atoms with van der Waals surface area (Å²) in [5.41, 5.74) is 8.28. The monoisotopic (exact) mass is 244 g/mol. The van der Waals surface area contributed by atoms with Crippen LogP contribution in [0, 0.1) is 6.92 Å². The van der Waals surface area contributed by atoms with Gasteiger partial charge in [0.15, 0.2) is 0 Å². The first kappa shape index (κ1) is 13.0. The summed E-state index contributed by atoms with van der Waals surface area (Å²) in [6.45, 7) is 2.06. The molecule has 2 aromatic rings. The molecular formula is C15H20N2O. The summed E-state index contributed by atoms with van der Waals surface area (Å²) in [5.74, 6) is 0. The number of aryl methyl sites for hydroxylation is 1. The highest BCUT2D eigenvalue weighted by Gasteiger charge is 2.17. The number of hydrogen-bond donors (Lipinski definition) is 3. The molecule has 3 heteroatoms. The van der Waals surface area contributed by atoms with Crippen molar-refractivity contribution >= 4 is 10.8 Å². The van der Waals surface area contributed by atoms with Gasteiger partial charge in [0.2, 0.25) is 0 Å². The van der Waals surface area contributed by atoms with Gasteiger partial charge in [-0.3, -0.25) is 0 Å². The Bertz CT molecular complexity index is 539. The van der Waals surface area contributed by atoms with Gasteiger partial charge < -0.3 is 16.2 Å². The second kappa shape index (κ2) is 5.48. The van der Waals surface area contributed by atoms with Crippen LogP contribution in [0.5, 0.6) is 0 Å². The third kappa shape index (κ3) is 2.53. The maximum Gasteiger partial charge on any atom is 0.0601 e. The lowest BCUT2D eigenvalue weighted by Gasteiger charge is -2.22. The summed E-state index contributed by atoms with van der Waals surface area (Å²) >= 11 is 0. The fourth-order valence-corrected chi connectivity index (χ4v) is 2.31. The summed E-state index contributed by atoms with van der Waals surface area (Å²) in [5, 5.41) is 14.8. The Balaban J connectivity index is 2.42. The van der Waals surface area contributed by atoms with Crippen molar-refractivity contribution in [2.45, 2.75) is 19.0 Å². The summed E-state index contributed by atoms with van der Waals surface area (Å²) in [6, 6.07) is 12.4. The molecule has 96 valence electrons. The molecule has 2 unspecified atom stereocenters. The van der Waals surface area contributed by atoms with Gasteiger partial charge in [-0.1, -0.05) is 35.9 Å². The fraction of sp³-hybridized carbons (Fsp3) is 0.333.